The summed E-state index contributed by atoms with van der Waals surface area (Å²) in [5.74, 6) is -2.36. The number of carbonyl (C=O) groups excluding carboxylic acids is 4. The van der Waals surface area contributed by atoms with Crippen LogP contribution < -0.4 is 5.32 Å². The van der Waals surface area contributed by atoms with E-state index in [1.165, 1.54) is 38.3 Å². The molecule has 3 amide bonds. The molecule has 0 saturated carbocycles. The highest BCUT2D eigenvalue weighted by Gasteiger charge is 2.41. The third kappa shape index (κ3) is 3.43. The van der Waals surface area contributed by atoms with E-state index in [1.54, 1.807) is 0 Å². The van der Waals surface area contributed by atoms with Crippen molar-refractivity contribution in [1.82, 2.24) is 4.90 Å². The molecule has 0 saturated heterocycles. The number of anilines is 1. The van der Waals surface area contributed by atoms with Gasteiger partial charge in [0.1, 0.15) is 10.9 Å². The summed E-state index contributed by atoms with van der Waals surface area (Å²) in [6.07, 6.45) is 0. The summed E-state index contributed by atoms with van der Waals surface area (Å²) < 4.78 is 4.61. The normalized spacial score (nSPS) is 14.1. The van der Waals surface area contributed by atoms with E-state index < -0.39 is 29.7 Å². The number of nitrogens with zero attached hydrogens (tertiary/aromatic N) is 1. The second-order valence-electron chi connectivity index (χ2n) is 5.61. The molecular formula is C17H12Cl2N2O5S. The maximum atomic E-state index is 12.6. The summed E-state index contributed by atoms with van der Waals surface area (Å²) in [6.45, 7) is 1.43. The molecule has 1 atom stereocenters. The summed E-state index contributed by atoms with van der Waals surface area (Å²) in [6, 6.07) is 4.57. The average molecular weight is 427 g/mol. The van der Waals surface area contributed by atoms with E-state index in [2.05, 4.69) is 10.1 Å². The van der Waals surface area contributed by atoms with Crippen LogP contribution in [0.1, 0.15) is 37.3 Å². The summed E-state index contributed by atoms with van der Waals surface area (Å²) in [5, 5.41) is 3.25. The molecule has 1 N–H and O–H groups in total. The first-order chi connectivity index (χ1) is 12.7. The minimum atomic E-state index is -1.08. The fraction of sp³-hybridized carbons (Fsp3) is 0.176. The van der Waals surface area contributed by atoms with Gasteiger partial charge in [-0.1, -0.05) is 23.2 Å². The van der Waals surface area contributed by atoms with Crippen molar-refractivity contribution >= 4 is 63.2 Å². The van der Waals surface area contributed by atoms with E-state index in [9.17, 15) is 19.2 Å². The molecule has 0 spiro atoms. The highest BCUT2D eigenvalue weighted by Crippen LogP contribution is 2.32. The maximum absolute atomic E-state index is 12.6. The number of rotatable bonds is 4. The number of fused-ring (bicyclic) bond motifs is 1. The molecule has 140 valence electrons. The monoisotopic (exact) mass is 426 g/mol. The van der Waals surface area contributed by atoms with Crippen LogP contribution in [-0.2, 0) is 9.53 Å². The molecule has 27 heavy (non-hydrogen) atoms. The third-order valence-electron chi connectivity index (χ3n) is 3.96. The standard InChI is InChI=1S/C17H12Cl2N2O5S/c1-7(14(22)20-13-4-3-12(27-13)17(25)26-2)21-15(23)8-5-10(18)11(19)6-9(8)16(21)24/h3-7H,1-2H3,(H,20,22)/t7-/m0/s1. The number of hydrogen-bond acceptors (Lipinski definition) is 6. The molecule has 1 aliphatic heterocycles. The zero-order chi connectivity index (χ0) is 19.9. The van der Waals surface area contributed by atoms with Crippen molar-refractivity contribution in [3.05, 3.63) is 50.3 Å². The Morgan fingerprint density at radius 1 is 1.11 bits per heavy atom. The minimum Gasteiger partial charge on any atom is -0.465 e. The van der Waals surface area contributed by atoms with Crippen LogP contribution in [0.2, 0.25) is 10.0 Å². The smallest absolute Gasteiger partial charge is 0.348 e. The maximum Gasteiger partial charge on any atom is 0.348 e. The van der Waals surface area contributed by atoms with Gasteiger partial charge in [-0.3, -0.25) is 19.3 Å². The number of benzene rings is 1. The van der Waals surface area contributed by atoms with Crippen molar-refractivity contribution in [1.29, 1.82) is 0 Å². The number of thiophene rings is 1. The highest BCUT2D eigenvalue weighted by molar-refractivity contribution is 7.18. The van der Waals surface area contributed by atoms with E-state index >= 15 is 0 Å². The fourth-order valence-electron chi connectivity index (χ4n) is 2.56. The van der Waals surface area contributed by atoms with E-state index in [-0.39, 0.29) is 21.2 Å². The second kappa shape index (κ2) is 7.30. The predicted molar refractivity (Wildman–Crippen MR) is 101 cm³/mol. The molecule has 2 heterocycles. The molecule has 1 aromatic heterocycles. The summed E-state index contributed by atoms with van der Waals surface area (Å²) >= 11 is 12.8. The molecule has 10 heteroatoms. The number of carbonyl (C=O) groups is 4. The van der Waals surface area contributed by atoms with Crippen LogP contribution in [0.5, 0.6) is 0 Å². The first-order valence-corrected chi connectivity index (χ1v) is 9.17. The van der Waals surface area contributed by atoms with E-state index in [4.69, 9.17) is 23.2 Å². The molecule has 2 aromatic rings. The number of halogens is 2. The number of methoxy groups -OCH3 is 1. The van der Waals surface area contributed by atoms with Crippen molar-refractivity contribution in [2.24, 2.45) is 0 Å². The van der Waals surface area contributed by atoms with Crippen LogP contribution in [-0.4, -0.2) is 41.7 Å². The van der Waals surface area contributed by atoms with Gasteiger partial charge in [-0.25, -0.2) is 4.79 Å². The van der Waals surface area contributed by atoms with Gasteiger partial charge in [0.2, 0.25) is 5.91 Å². The van der Waals surface area contributed by atoms with Gasteiger partial charge < -0.3 is 10.1 Å². The molecule has 7 nitrogen and oxygen atoms in total. The molecule has 0 bridgehead atoms. The number of ether oxygens (including phenoxy) is 1. The molecule has 1 aliphatic rings. The van der Waals surface area contributed by atoms with Crippen LogP contribution in [0, 0.1) is 0 Å². The predicted octanol–water partition coefficient (Wildman–Crippen LogP) is 3.46. The topological polar surface area (TPSA) is 92.8 Å². The van der Waals surface area contributed by atoms with Gasteiger partial charge in [-0.2, -0.15) is 0 Å². The Balaban J connectivity index is 1.79. The number of imide groups is 1. The molecule has 0 fully saturated rings. The Labute approximate surface area is 167 Å². The Morgan fingerprint density at radius 3 is 2.19 bits per heavy atom. The Kier molecular flexibility index (Phi) is 5.23. The van der Waals surface area contributed by atoms with Gasteiger partial charge in [0.25, 0.3) is 11.8 Å². The lowest BCUT2D eigenvalue weighted by molar-refractivity contribution is -0.119. The van der Waals surface area contributed by atoms with Gasteiger partial charge in [-0.15, -0.1) is 11.3 Å². The van der Waals surface area contributed by atoms with Crippen LogP contribution in [0.3, 0.4) is 0 Å². The average Bonchev–Trinajstić information content (AvgIpc) is 3.19. The highest BCUT2D eigenvalue weighted by atomic mass is 35.5. The van der Waals surface area contributed by atoms with Crippen LogP contribution in [0.25, 0.3) is 0 Å². The third-order valence-corrected chi connectivity index (χ3v) is 5.67. The van der Waals surface area contributed by atoms with Gasteiger partial charge in [-0.05, 0) is 31.2 Å². The largest absolute Gasteiger partial charge is 0.465 e. The number of hydrogen-bond donors (Lipinski definition) is 1. The number of nitrogens with one attached hydrogen (secondary N) is 1. The van der Waals surface area contributed by atoms with Crippen LogP contribution >= 0.6 is 34.5 Å². The zero-order valence-electron chi connectivity index (χ0n) is 14.0. The van der Waals surface area contributed by atoms with Crippen molar-refractivity contribution in [2.75, 3.05) is 12.4 Å². The Bertz CT molecular complexity index is 947. The lowest BCUT2D eigenvalue weighted by Gasteiger charge is -2.21. The van der Waals surface area contributed by atoms with E-state index in [0.29, 0.717) is 9.88 Å². The van der Waals surface area contributed by atoms with Crippen LogP contribution in [0.15, 0.2) is 24.3 Å². The lowest BCUT2D eigenvalue weighted by atomic mass is 10.1. The van der Waals surface area contributed by atoms with Gasteiger partial charge in [0.15, 0.2) is 0 Å². The van der Waals surface area contributed by atoms with E-state index in [0.717, 1.165) is 16.2 Å². The molecular weight excluding hydrogens is 415 g/mol. The lowest BCUT2D eigenvalue weighted by Crippen LogP contribution is -2.45. The second-order valence-corrected chi connectivity index (χ2v) is 7.51. The first kappa shape index (κ1) is 19.3. The number of esters is 1. The fourth-order valence-corrected chi connectivity index (χ4v) is 3.72. The first-order valence-electron chi connectivity index (χ1n) is 7.60. The van der Waals surface area contributed by atoms with Crippen molar-refractivity contribution in [3.63, 3.8) is 0 Å². The van der Waals surface area contributed by atoms with Crippen molar-refractivity contribution in [2.45, 2.75) is 13.0 Å². The Hall–Kier alpha value is -2.42. The zero-order valence-corrected chi connectivity index (χ0v) is 16.4. The quantitative estimate of drug-likeness (QED) is 0.596. The number of amides is 3. The van der Waals surface area contributed by atoms with Gasteiger partial charge >= 0.3 is 5.97 Å². The van der Waals surface area contributed by atoms with Gasteiger partial charge in [0.05, 0.1) is 33.3 Å². The summed E-state index contributed by atoms with van der Waals surface area (Å²) in [7, 11) is 1.25. The van der Waals surface area contributed by atoms with Crippen molar-refractivity contribution < 1.29 is 23.9 Å². The molecule has 0 aliphatic carbocycles. The van der Waals surface area contributed by atoms with Gasteiger partial charge in [0, 0.05) is 0 Å². The SMILES string of the molecule is COC(=O)c1ccc(NC(=O)[C@H](C)N2C(=O)c3cc(Cl)c(Cl)cc3C2=O)s1. The van der Waals surface area contributed by atoms with Crippen molar-refractivity contribution in [3.8, 4) is 0 Å². The minimum absolute atomic E-state index is 0.0955. The van der Waals surface area contributed by atoms with E-state index in [1.807, 2.05) is 0 Å². The Morgan fingerprint density at radius 2 is 1.67 bits per heavy atom. The summed E-state index contributed by atoms with van der Waals surface area (Å²) in [5.41, 5.74) is 0.191. The molecule has 3 rings (SSSR count). The molecule has 0 unspecified atom stereocenters. The molecule has 1 aromatic carbocycles. The molecule has 0 radical (unpaired) electrons. The van der Waals surface area contributed by atoms with Crippen LogP contribution in [0.4, 0.5) is 5.00 Å². The summed E-state index contributed by atoms with van der Waals surface area (Å²) in [4.78, 5) is 50.3.